The van der Waals surface area contributed by atoms with Gasteiger partial charge < -0.3 is 13.9 Å². The van der Waals surface area contributed by atoms with E-state index in [2.05, 4.69) is 10.2 Å². The van der Waals surface area contributed by atoms with E-state index < -0.39 is 0 Å². The summed E-state index contributed by atoms with van der Waals surface area (Å²) < 4.78 is 18.6. The molecule has 0 amide bonds. The SMILES string of the molecule is CCn1c(SCC(=O)c2ccc3c(c2)OCCCO3)nnc1-c1ccco1. The monoisotopic (exact) mass is 385 g/mol. The number of Topliss-reactive ketones (excluding diaryl/α,β-unsaturated/α-hetero) is 1. The topological polar surface area (TPSA) is 79.4 Å². The van der Waals surface area contributed by atoms with Crippen LogP contribution in [0.3, 0.4) is 0 Å². The van der Waals surface area contributed by atoms with Crippen LogP contribution >= 0.6 is 11.8 Å². The highest BCUT2D eigenvalue weighted by Crippen LogP contribution is 2.31. The molecule has 140 valence electrons. The van der Waals surface area contributed by atoms with Gasteiger partial charge in [0.05, 0.1) is 25.2 Å². The molecule has 4 rings (SSSR count). The van der Waals surface area contributed by atoms with Gasteiger partial charge in [-0.15, -0.1) is 10.2 Å². The molecule has 0 fully saturated rings. The Balaban J connectivity index is 1.48. The van der Waals surface area contributed by atoms with E-state index in [-0.39, 0.29) is 11.5 Å². The third-order valence-electron chi connectivity index (χ3n) is 4.18. The van der Waals surface area contributed by atoms with Crippen molar-refractivity contribution in [3.8, 4) is 23.1 Å². The lowest BCUT2D eigenvalue weighted by Crippen LogP contribution is -2.06. The Labute approximate surface area is 160 Å². The largest absolute Gasteiger partial charge is 0.490 e. The highest BCUT2D eigenvalue weighted by atomic mass is 32.2. The highest BCUT2D eigenvalue weighted by molar-refractivity contribution is 7.99. The minimum atomic E-state index is 0.000786. The zero-order chi connectivity index (χ0) is 18.6. The lowest BCUT2D eigenvalue weighted by molar-refractivity contribution is 0.102. The number of hydrogen-bond donors (Lipinski definition) is 0. The summed E-state index contributed by atoms with van der Waals surface area (Å²) in [5.41, 5.74) is 0.598. The van der Waals surface area contributed by atoms with Crippen LogP contribution in [0.4, 0.5) is 0 Å². The number of aromatic nitrogens is 3. The Morgan fingerprint density at radius 2 is 2.04 bits per heavy atom. The van der Waals surface area contributed by atoms with Crippen molar-refractivity contribution >= 4 is 17.5 Å². The van der Waals surface area contributed by atoms with E-state index in [0.29, 0.717) is 53.6 Å². The number of benzene rings is 1. The van der Waals surface area contributed by atoms with E-state index in [9.17, 15) is 4.79 Å². The molecule has 0 N–H and O–H groups in total. The van der Waals surface area contributed by atoms with Gasteiger partial charge in [0.15, 0.2) is 34.0 Å². The maximum Gasteiger partial charge on any atom is 0.200 e. The predicted molar refractivity (Wildman–Crippen MR) is 101 cm³/mol. The molecule has 0 saturated heterocycles. The van der Waals surface area contributed by atoms with E-state index in [0.717, 1.165) is 6.42 Å². The van der Waals surface area contributed by atoms with Gasteiger partial charge in [-0.05, 0) is 37.3 Å². The number of furan rings is 1. The Morgan fingerprint density at radius 3 is 2.81 bits per heavy atom. The van der Waals surface area contributed by atoms with Crippen molar-refractivity contribution in [3.63, 3.8) is 0 Å². The first-order valence-corrected chi connectivity index (χ1v) is 9.77. The van der Waals surface area contributed by atoms with Crippen LogP contribution in [0.1, 0.15) is 23.7 Å². The highest BCUT2D eigenvalue weighted by Gasteiger charge is 2.18. The van der Waals surface area contributed by atoms with Crippen molar-refractivity contribution in [1.82, 2.24) is 14.8 Å². The molecule has 0 bridgehead atoms. The molecule has 0 unspecified atom stereocenters. The zero-order valence-electron chi connectivity index (χ0n) is 14.9. The van der Waals surface area contributed by atoms with E-state index in [4.69, 9.17) is 13.9 Å². The number of nitrogens with zero attached hydrogens (tertiary/aromatic N) is 3. The summed E-state index contributed by atoms with van der Waals surface area (Å²) in [5.74, 6) is 2.89. The molecule has 27 heavy (non-hydrogen) atoms. The molecular formula is C19H19N3O4S. The average Bonchev–Trinajstić information content (AvgIpc) is 3.29. The fourth-order valence-electron chi connectivity index (χ4n) is 2.82. The molecule has 0 radical (unpaired) electrons. The summed E-state index contributed by atoms with van der Waals surface area (Å²) in [6.07, 6.45) is 2.43. The molecular weight excluding hydrogens is 366 g/mol. The minimum absolute atomic E-state index is 0.000786. The van der Waals surface area contributed by atoms with Crippen molar-refractivity contribution in [2.45, 2.75) is 25.0 Å². The summed E-state index contributed by atoms with van der Waals surface area (Å²) in [7, 11) is 0. The summed E-state index contributed by atoms with van der Waals surface area (Å²) in [4.78, 5) is 12.6. The van der Waals surface area contributed by atoms with Crippen molar-refractivity contribution in [3.05, 3.63) is 42.2 Å². The molecule has 1 aliphatic heterocycles. The average molecular weight is 385 g/mol. The quantitative estimate of drug-likeness (QED) is 0.473. The predicted octanol–water partition coefficient (Wildman–Crippen LogP) is 3.69. The minimum Gasteiger partial charge on any atom is -0.490 e. The normalized spacial score (nSPS) is 13.4. The van der Waals surface area contributed by atoms with Crippen LogP contribution in [0.25, 0.3) is 11.6 Å². The van der Waals surface area contributed by atoms with Gasteiger partial charge >= 0.3 is 0 Å². The molecule has 0 atom stereocenters. The van der Waals surface area contributed by atoms with Gasteiger partial charge in [0.1, 0.15) is 0 Å². The van der Waals surface area contributed by atoms with Crippen LogP contribution in [-0.4, -0.2) is 39.5 Å². The van der Waals surface area contributed by atoms with Crippen LogP contribution < -0.4 is 9.47 Å². The standard InChI is InChI=1S/C19H19N3O4S/c1-2-22-18(16-5-3-8-25-16)20-21-19(22)27-12-14(23)13-6-7-15-17(11-13)26-10-4-9-24-15/h3,5-8,11H,2,4,9-10,12H2,1H3. The van der Waals surface area contributed by atoms with Gasteiger partial charge in [-0.3, -0.25) is 9.36 Å². The smallest absolute Gasteiger partial charge is 0.200 e. The summed E-state index contributed by atoms with van der Waals surface area (Å²) in [6, 6.07) is 8.97. The van der Waals surface area contributed by atoms with Crippen molar-refractivity contribution in [1.29, 1.82) is 0 Å². The molecule has 0 aliphatic carbocycles. The molecule has 1 aliphatic rings. The zero-order valence-corrected chi connectivity index (χ0v) is 15.7. The molecule has 1 aromatic carbocycles. The van der Waals surface area contributed by atoms with Gasteiger partial charge in [-0.1, -0.05) is 11.8 Å². The van der Waals surface area contributed by atoms with E-state index in [1.54, 1.807) is 24.5 Å². The number of thioether (sulfide) groups is 1. The van der Waals surface area contributed by atoms with Crippen LogP contribution in [0.5, 0.6) is 11.5 Å². The molecule has 3 heterocycles. The molecule has 3 aromatic rings. The number of carbonyl (C=O) groups excluding carboxylic acids is 1. The molecule has 0 spiro atoms. The third-order valence-corrected chi connectivity index (χ3v) is 5.14. The van der Waals surface area contributed by atoms with Crippen molar-refractivity contribution < 1.29 is 18.7 Å². The second kappa shape index (κ2) is 7.87. The first kappa shape index (κ1) is 17.7. The maximum atomic E-state index is 12.6. The van der Waals surface area contributed by atoms with Crippen molar-refractivity contribution in [2.24, 2.45) is 0 Å². The number of ether oxygens (including phenoxy) is 2. The van der Waals surface area contributed by atoms with Crippen LogP contribution in [0.15, 0.2) is 46.2 Å². The number of carbonyl (C=O) groups is 1. The molecule has 7 nitrogen and oxygen atoms in total. The molecule has 0 saturated carbocycles. The van der Waals surface area contributed by atoms with Gasteiger partial charge in [-0.25, -0.2) is 0 Å². The van der Waals surface area contributed by atoms with E-state index in [1.807, 2.05) is 23.6 Å². The van der Waals surface area contributed by atoms with Gasteiger partial charge in [0.25, 0.3) is 0 Å². The maximum absolute atomic E-state index is 12.6. The van der Waals surface area contributed by atoms with Crippen LogP contribution in [-0.2, 0) is 6.54 Å². The lowest BCUT2D eigenvalue weighted by Gasteiger charge is -2.09. The third kappa shape index (κ3) is 3.71. The summed E-state index contributed by atoms with van der Waals surface area (Å²) >= 11 is 1.36. The first-order valence-electron chi connectivity index (χ1n) is 8.79. The van der Waals surface area contributed by atoms with Crippen LogP contribution in [0.2, 0.25) is 0 Å². The first-order chi connectivity index (χ1) is 13.3. The molecule has 8 heteroatoms. The Hall–Kier alpha value is -2.74. The number of ketones is 1. The number of rotatable bonds is 6. The van der Waals surface area contributed by atoms with E-state index >= 15 is 0 Å². The van der Waals surface area contributed by atoms with Crippen molar-refractivity contribution in [2.75, 3.05) is 19.0 Å². The van der Waals surface area contributed by atoms with Gasteiger partial charge in [0.2, 0.25) is 0 Å². The number of fused-ring (bicyclic) bond motifs is 1. The second-order valence-corrected chi connectivity index (χ2v) is 6.89. The Bertz CT molecular complexity index is 937. The van der Waals surface area contributed by atoms with Gasteiger partial charge in [-0.2, -0.15) is 0 Å². The summed E-state index contributed by atoms with van der Waals surface area (Å²) in [5, 5.41) is 9.10. The fourth-order valence-corrected chi connectivity index (χ4v) is 3.72. The van der Waals surface area contributed by atoms with Crippen LogP contribution in [0, 0.1) is 0 Å². The second-order valence-electron chi connectivity index (χ2n) is 5.95. The lowest BCUT2D eigenvalue weighted by atomic mass is 10.1. The fraction of sp³-hybridized carbons (Fsp3) is 0.316. The summed E-state index contributed by atoms with van der Waals surface area (Å²) in [6.45, 7) is 3.91. The van der Waals surface area contributed by atoms with E-state index in [1.165, 1.54) is 11.8 Å². The van der Waals surface area contributed by atoms with Gasteiger partial charge in [0, 0.05) is 18.5 Å². The Morgan fingerprint density at radius 1 is 1.19 bits per heavy atom. The molecule has 2 aromatic heterocycles. The number of hydrogen-bond acceptors (Lipinski definition) is 7. The Kier molecular flexibility index (Phi) is 5.15.